The third-order valence-electron chi connectivity index (χ3n) is 1.68. The van der Waals surface area contributed by atoms with Crippen molar-refractivity contribution in [1.29, 1.82) is 0 Å². The normalized spacial score (nSPS) is 23.8. The molecule has 1 saturated heterocycles. The summed E-state index contributed by atoms with van der Waals surface area (Å²) in [5, 5.41) is 8.39. The molecule has 1 atom stereocenters. The number of rotatable bonds is 2. The van der Waals surface area contributed by atoms with Gasteiger partial charge < -0.3 is 9.84 Å². The molecular formula is C7H15AlO3. The van der Waals surface area contributed by atoms with E-state index in [0.717, 1.165) is 25.9 Å². The summed E-state index contributed by atoms with van der Waals surface area (Å²) in [6, 6.07) is 0. The summed E-state index contributed by atoms with van der Waals surface area (Å²) < 4.78 is 5.21. The van der Waals surface area contributed by atoms with E-state index in [1.165, 1.54) is 0 Å². The average molecular weight is 174 g/mol. The molecule has 0 aromatic rings. The molecule has 0 aromatic heterocycles. The Kier molecular flexibility index (Phi) is 5.57. The number of carbonyl (C=O) groups is 1. The van der Waals surface area contributed by atoms with Gasteiger partial charge in [0, 0.05) is 6.61 Å². The van der Waals surface area contributed by atoms with E-state index in [1.807, 2.05) is 0 Å². The molecule has 0 bridgehead atoms. The minimum atomic E-state index is -0.757. The maximum absolute atomic E-state index is 10.2. The van der Waals surface area contributed by atoms with Gasteiger partial charge in [0.05, 0.1) is 12.5 Å². The first-order valence-corrected chi connectivity index (χ1v) is 3.62. The van der Waals surface area contributed by atoms with Crippen molar-refractivity contribution in [2.24, 2.45) is 0 Å². The fraction of sp³-hybridized carbons (Fsp3) is 0.857. The zero-order valence-electron chi connectivity index (χ0n) is 5.88. The van der Waals surface area contributed by atoms with Crippen molar-refractivity contribution in [3.8, 4) is 0 Å². The van der Waals surface area contributed by atoms with Crippen molar-refractivity contribution in [2.75, 3.05) is 6.61 Å². The second-order valence-electron chi connectivity index (χ2n) is 2.59. The Bertz CT molecular complexity index is 121. The van der Waals surface area contributed by atoms with E-state index in [4.69, 9.17) is 9.84 Å². The van der Waals surface area contributed by atoms with Crippen LogP contribution in [0.25, 0.3) is 0 Å². The number of hydrogen-bond donors (Lipinski definition) is 1. The summed E-state index contributed by atoms with van der Waals surface area (Å²) in [6.07, 6.45) is 3.24. The zero-order valence-corrected chi connectivity index (χ0v) is 5.88. The van der Waals surface area contributed by atoms with Gasteiger partial charge in [0.25, 0.3) is 0 Å². The molecule has 64 valence electrons. The van der Waals surface area contributed by atoms with E-state index < -0.39 is 5.97 Å². The Labute approximate surface area is 76.9 Å². The summed E-state index contributed by atoms with van der Waals surface area (Å²) in [5.74, 6) is -0.757. The monoisotopic (exact) mass is 174 g/mol. The zero-order chi connectivity index (χ0) is 7.40. The molecule has 11 heavy (non-hydrogen) atoms. The Morgan fingerprint density at radius 2 is 2.27 bits per heavy atom. The molecule has 0 radical (unpaired) electrons. The van der Waals surface area contributed by atoms with E-state index in [2.05, 4.69) is 0 Å². The lowest BCUT2D eigenvalue weighted by Crippen LogP contribution is -2.21. The Morgan fingerprint density at radius 3 is 2.73 bits per heavy atom. The molecule has 0 amide bonds. The van der Waals surface area contributed by atoms with E-state index in [0.29, 0.717) is 0 Å². The van der Waals surface area contributed by atoms with Crippen molar-refractivity contribution in [2.45, 2.75) is 31.8 Å². The lowest BCUT2D eigenvalue weighted by Gasteiger charge is -2.20. The maximum Gasteiger partial charge on any atom is 0.305 e. The van der Waals surface area contributed by atoms with Crippen LogP contribution in [0.4, 0.5) is 0 Å². The molecule has 1 unspecified atom stereocenters. The highest BCUT2D eigenvalue weighted by molar-refractivity contribution is 5.75. The van der Waals surface area contributed by atoms with Crippen LogP contribution in [0.2, 0.25) is 0 Å². The highest BCUT2D eigenvalue weighted by atomic mass is 27.0. The predicted molar refractivity (Wildman–Crippen MR) is 45.8 cm³/mol. The number of carboxylic acid groups (broad SMARTS) is 1. The van der Waals surface area contributed by atoms with Gasteiger partial charge in [-0.15, -0.1) is 0 Å². The van der Waals surface area contributed by atoms with Crippen molar-refractivity contribution < 1.29 is 14.6 Å². The van der Waals surface area contributed by atoms with Crippen molar-refractivity contribution in [3.05, 3.63) is 0 Å². The molecule has 1 heterocycles. The third-order valence-corrected chi connectivity index (χ3v) is 1.68. The quantitative estimate of drug-likeness (QED) is 0.592. The van der Waals surface area contributed by atoms with Crippen LogP contribution in [0.1, 0.15) is 25.7 Å². The van der Waals surface area contributed by atoms with Crippen LogP contribution in [0, 0.1) is 0 Å². The molecule has 0 spiro atoms. The number of aliphatic carboxylic acids is 1. The maximum atomic E-state index is 10.2. The van der Waals surface area contributed by atoms with Crippen LogP contribution in [0.5, 0.6) is 0 Å². The second-order valence-corrected chi connectivity index (χ2v) is 2.59. The van der Waals surface area contributed by atoms with Crippen molar-refractivity contribution in [3.63, 3.8) is 0 Å². The van der Waals surface area contributed by atoms with Crippen molar-refractivity contribution in [1.82, 2.24) is 0 Å². The highest BCUT2D eigenvalue weighted by Crippen LogP contribution is 2.14. The fourth-order valence-electron chi connectivity index (χ4n) is 1.16. The first kappa shape index (κ1) is 11.0. The third kappa shape index (κ3) is 4.41. The van der Waals surface area contributed by atoms with Crippen LogP contribution in [-0.2, 0) is 9.53 Å². The van der Waals surface area contributed by atoms with Gasteiger partial charge in [0.15, 0.2) is 17.4 Å². The van der Waals surface area contributed by atoms with Crippen molar-refractivity contribution >= 4 is 23.3 Å². The first-order chi connectivity index (χ1) is 4.79. The smallest absolute Gasteiger partial charge is 0.305 e. The SMILES string of the molecule is O=C(O)CC1CCCCO1.[AlH3]. The van der Waals surface area contributed by atoms with Gasteiger partial charge in [-0.25, -0.2) is 0 Å². The molecule has 1 rings (SSSR count). The van der Waals surface area contributed by atoms with Crippen LogP contribution in [0.3, 0.4) is 0 Å². The lowest BCUT2D eigenvalue weighted by atomic mass is 10.1. The molecule has 1 N–H and O–H groups in total. The van der Waals surface area contributed by atoms with Crippen LogP contribution in [0.15, 0.2) is 0 Å². The number of carboxylic acids is 1. The molecule has 1 aliphatic heterocycles. The van der Waals surface area contributed by atoms with Crippen LogP contribution < -0.4 is 0 Å². The summed E-state index contributed by atoms with van der Waals surface area (Å²) in [7, 11) is 0. The summed E-state index contributed by atoms with van der Waals surface area (Å²) >= 11 is 0. The van der Waals surface area contributed by atoms with E-state index >= 15 is 0 Å². The first-order valence-electron chi connectivity index (χ1n) is 3.62. The van der Waals surface area contributed by atoms with Gasteiger partial charge in [-0.1, -0.05) is 0 Å². The minimum Gasteiger partial charge on any atom is -0.481 e. The second kappa shape index (κ2) is 5.59. The predicted octanol–water partition coefficient (Wildman–Crippen LogP) is -0.154. The Balaban J connectivity index is 0.000001000. The average Bonchev–Trinajstić information content (AvgIpc) is 1.88. The Morgan fingerprint density at radius 1 is 1.55 bits per heavy atom. The molecule has 3 nitrogen and oxygen atoms in total. The van der Waals surface area contributed by atoms with Gasteiger partial charge >= 0.3 is 5.97 Å². The lowest BCUT2D eigenvalue weighted by molar-refractivity contribution is -0.141. The molecule has 0 aromatic carbocycles. The minimum absolute atomic E-state index is 0. The number of hydrogen-bond acceptors (Lipinski definition) is 2. The standard InChI is InChI=1S/C7H12O3.Al.3H/c8-7(9)5-6-3-1-2-4-10-6;;;;/h6H,1-5H2,(H,8,9);;;;. The highest BCUT2D eigenvalue weighted by Gasteiger charge is 2.16. The summed E-state index contributed by atoms with van der Waals surface area (Å²) in [6.45, 7) is 0.734. The molecule has 0 saturated carbocycles. The van der Waals surface area contributed by atoms with Gasteiger partial charge in [0.2, 0.25) is 0 Å². The van der Waals surface area contributed by atoms with Gasteiger partial charge in [0.1, 0.15) is 0 Å². The molecule has 4 heteroatoms. The van der Waals surface area contributed by atoms with Crippen LogP contribution >= 0.6 is 0 Å². The van der Waals surface area contributed by atoms with Crippen LogP contribution in [-0.4, -0.2) is 41.1 Å². The molecule has 0 aliphatic carbocycles. The largest absolute Gasteiger partial charge is 0.481 e. The Hall–Kier alpha value is -0.0375. The summed E-state index contributed by atoms with van der Waals surface area (Å²) in [5.41, 5.74) is 0. The van der Waals surface area contributed by atoms with Gasteiger partial charge in [-0.2, -0.15) is 0 Å². The van der Waals surface area contributed by atoms with Gasteiger partial charge in [-0.05, 0) is 19.3 Å². The fourth-order valence-corrected chi connectivity index (χ4v) is 1.16. The summed E-state index contributed by atoms with van der Waals surface area (Å²) in [4.78, 5) is 10.2. The van der Waals surface area contributed by atoms with E-state index in [1.54, 1.807) is 0 Å². The van der Waals surface area contributed by atoms with Gasteiger partial charge in [-0.3, -0.25) is 4.79 Å². The molecular weight excluding hydrogens is 159 g/mol. The van der Waals surface area contributed by atoms with E-state index in [-0.39, 0.29) is 29.9 Å². The number of ether oxygens (including phenoxy) is 1. The topological polar surface area (TPSA) is 46.5 Å². The van der Waals surface area contributed by atoms with E-state index in [9.17, 15) is 4.79 Å². The molecule has 1 fully saturated rings. The molecule has 1 aliphatic rings.